The molecule has 0 aromatic heterocycles. The first-order valence-electron chi connectivity index (χ1n) is 13.4. The first kappa shape index (κ1) is 32.1. The van der Waals surface area contributed by atoms with E-state index >= 15 is 0 Å². The average molecular weight is 484 g/mol. The molecule has 0 aromatic rings. The van der Waals surface area contributed by atoms with Crippen LogP contribution in [0.15, 0.2) is 12.2 Å². The van der Waals surface area contributed by atoms with Gasteiger partial charge >= 0.3 is 11.9 Å². The summed E-state index contributed by atoms with van der Waals surface area (Å²) >= 11 is 0. The molecule has 0 aliphatic heterocycles. The second kappa shape index (κ2) is 18.4. The van der Waals surface area contributed by atoms with Crippen molar-refractivity contribution in [2.45, 2.75) is 136 Å². The van der Waals surface area contributed by atoms with Crippen LogP contribution in [0.25, 0.3) is 0 Å². The number of carboxylic acid groups (broad SMARTS) is 3. The van der Waals surface area contributed by atoms with Gasteiger partial charge in [-0.1, -0.05) is 72.0 Å². The molecule has 0 aliphatic carbocycles. The molecule has 0 saturated carbocycles. The van der Waals surface area contributed by atoms with E-state index in [1.807, 2.05) is 0 Å². The lowest BCUT2D eigenvalue weighted by atomic mass is 9.94. The van der Waals surface area contributed by atoms with Gasteiger partial charge in [0.25, 0.3) is 0 Å². The number of allylic oxidation sites excluding steroid dienone is 2. The van der Waals surface area contributed by atoms with Gasteiger partial charge < -0.3 is 20.1 Å². The Morgan fingerprint density at radius 2 is 1.09 bits per heavy atom. The van der Waals surface area contributed by atoms with Gasteiger partial charge in [-0.25, -0.2) is 9.59 Å². The Morgan fingerprint density at radius 1 is 0.676 bits per heavy atom. The lowest BCUT2D eigenvalue weighted by Crippen LogP contribution is -2.73. The minimum Gasteiger partial charge on any atom is -0.544 e. The molecule has 0 spiro atoms. The molecule has 0 fully saturated rings. The zero-order chi connectivity index (χ0) is 26.0. The van der Waals surface area contributed by atoms with Crippen molar-refractivity contribution >= 4 is 17.9 Å². The average Bonchev–Trinajstić information content (AvgIpc) is 2.77. The molecule has 7 heteroatoms. The topological polar surface area (TPSA) is 115 Å². The van der Waals surface area contributed by atoms with Crippen LogP contribution in [-0.2, 0) is 14.4 Å². The van der Waals surface area contributed by atoms with Gasteiger partial charge in [0.1, 0.15) is 6.04 Å². The van der Waals surface area contributed by atoms with Crippen molar-refractivity contribution in [1.29, 1.82) is 0 Å². The Morgan fingerprint density at radius 3 is 1.47 bits per heavy atom. The van der Waals surface area contributed by atoms with Gasteiger partial charge in [-0.15, -0.1) is 0 Å². The van der Waals surface area contributed by atoms with E-state index in [2.05, 4.69) is 19.1 Å². The van der Waals surface area contributed by atoms with Gasteiger partial charge in [0, 0.05) is 19.3 Å². The van der Waals surface area contributed by atoms with E-state index in [1.165, 1.54) is 25.7 Å². The molecule has 0 rings (SSSR count). The van der Waals surface area contributed by atoms with Crippen molar-refractivity contribution in [2.24, 2.45) is 0 Å². The number of aliphatic carboxylic acids is 3. The summed E-state index contributed by atoms with van der Waals surface area (Å²) in [6.07, 6.45) is 16.7. The van der Waals surface area contributed by atoms with Gasteiger partial charge in [0.2, 0.25) is 0 Å². The maximum absolute atomic E-state index is 12.2. The highest BCUT2D eigenvalue weighted by atomic mass is 16.4. The zero-order valence-electron chi connectivity index (χ0n) is 22.0. The fourth-order valence-corrected chi connectivity index (χ4v) is 5.37. The number of carboxylic acids is 3. The van der Waals surface area contributed by atoms with Crippen LogP contribution >= 0.6 is 0 Å². The van der Waals surface area contributed by atoms with E-state index in [-0.39, 0.29) is 25.8 Å². The highest BCUT2D eigenvalue weighted by Crippen LogP contribution is 2.32. The van der Waals surface area contributed by atoms with Crippen LogP contribution in [-0.4, -0.2) is 57.3 Å². The molecule has 0 radical (unpaired) electrons. The number of hydrogen-bond donors (Lipinski definition) is 2. The fourth-order valence-electron chi connectivity index (χ4n) is 5.37. The molecular formula is C27H49NO6. The predicted molar refractivity (Wildman–Crippen MR) is 133 cm³/mol. The largest absolute Gasteiger partial charge is 0.544 e. The Bertz CT molecular complexity index is 563. The third-order valence-electron chi connectivity index (χ3n) is 7.05. The van der Waals surface area contributed by atoms with Gasteiger partial charge in [0.05, 0.1) is 12.5 Å². The van der Waals surface area contributed by atoms with Crippen molar-refractivity contribution in [3.8, 4) is 0 Å². The first-order chi connectivity index (χ1) is 16.2. The first-order valence-corrected chi connectivity index (χ1v) is 13.4. The smallest absolute Gasteiger partial charge is 0.362 e. The van der Waals surface area contributed by atoms with Crippen LogP contribution < -0.4 is 5.11 Å². The second-order valence-electron chi connectivity index (χ2n) is 9.36. The van der Waals surface area contributed by atoms with Crippen LogP contribution in [0.4, 0.5) is 0 Å². The molecule has 3 atom stereocenters. The van der Waals surface area contributed by atoms with Crippen LogP contribution in [0.3, 0.4) is 0 Å². The zero-order valence-corrected chi connectivity index (χ0v) is 22.0. The molecule has 0 bridgehead atoms. The molecule has 3 unspecified atom stereocenters. The van der Waals surface area contributed by atoms with E-state index in [0.717, 1.165) is 38.5 Å². The van der Waals surface area contributed by atoms with Gasteiger partial charge in [-0.2, -0.15) is 0 Å². The predicted octanol–water partition coefficient (Wildman–Crippen LogP) is 4.93. The van der Waals surface area contributed by atoms with Gasteiger partial charge in [-0.05, 0) is 38.5 Å². The molecule has 0 aromatic carbocycles. The van der Waals surface area contributed by atoms with Crippen LogP contribution in [0.2, 0.25) is 0 Å². The molecule has 0 amide bonds. The van der Waals surface area contributed by atoms with Crippen molar-refractivity contribution in [3.63, 3.8) is 0 Å². The number of quaternary nitrogens is 1. The maximum Gasteiger partial charge on any atom is 0.362 e. The minimum atomic E-state index is -1.37. The molecule has 7 nitrogen and oxygen atoms in total. The van der Waals surface area contributed by atoms with E-state index < -0.39 is 40.5 Å². The summed E-state index contributed by atoms with van der Waals surface area (Å²) in [5.74, 6) is -3.67. The van der Waals surface area contributed by atoms with Crippen molar-refractivity contribution in [2.75, 3.05) is 6.54 Å². The summed E-state index contributed by atoms with van der Waals surface area (Å²) in [6, 6.07) is -3.39. The third kappa shape index (κ3) is 10.2. The highest BCUT2D eigenvalue weighted by Gasteiger charge is 2.53. The van der Waals surface area contributed by atoms with Crippen LogP contribution in [0.5, 0.6) is 0 Å². The van der Waals surface area contributed by atoms with E-state index in [4.69, 9.17) is 0 Å². The summed E-state index contributed by atoms with van der Waals surface area (Å²) < 4.78 is -0.475. The quantitative estimate of drug-likeness (QED) is 0.128. The van der Waals surface area contributed by atoms with Gasteiger partial charge in [0.15, 0.2) is 12.1 Å². The molecule has 34 heavy (non-hydrogen) atoms. The molecule has 198 valence electrons. The summed E-state index contributed by atoms with van der Waals surface area (Å²) in [5, 5.41) is 32.0. The standard InChI is InChI=1S/C27H49NO6/c1-5-9-10-11-12-13-14-15-16-17-18-19-20-21-28(22(6-2)25(29)30,23(7-3)26(31)32)24(8-4)27(33)34/h13-14,22-24H,5-12,15-21H2,1-4H3,(H2-,29,30,31,32,33,34)/b14-13+. The monoisotopic (exact) mass is 483 g/mol. The fraction of sp³-hybridized carbons (Fsp3) is 0.815. The molecule has 0 saturated heterocycles. The van der Waals surface area contributed by atoms with Crippen molar-refractivity contribution < 1.29 is 34.2 Å². The van der Waals surface area contributed by atoms with E-state index in [1.54, 1.807) is 20.8 Å². The number of nitrogens with zero attached hydrogens (tertiary/aromatic N) is 1. The van der Waals surface area contributed by atoms with E-state index in [9.17, 15) is 29.7 Å². The third-order valence-corrected chi connectivity index (χ3v) is 7.05. The molecular weight excluding hydrogens is 434 g/mol. The van der Waals surface area contributed by atoms with E-state index in [0.29, 0.717) is 6.42 Å². The van der Waals surface area contributed by atoms with Crippen LogP contribution in [0, 0.1) is 0 Å². The SMILES string of the molecule is CCCCCC/C=C/CCCCCCC[N+](C(CC)C(=O)[O-])(C(CC)C(=O)O)C(CC)C(=O)O. The second-order valence-corrected chi connectivity index (χ2v) is 9.36. The lowest BCUT2D eigenvalue weighted by Gasteiger charge is -2.51. The number of unbranched alkanes of at least 4 members (excludes halogenated alkanes) is 9. The summed E-state index contributed by atoms with van der Waals surface area (Å²) in [4.78, 5) is 36.4. The molecule has 2 N–H and O–H groups in total. The number of rotatable bonds is 22. The summed E-state index contributed by atoms with van der Waals surface area (Å²) in [7, 11) is 0. The Hall–Kier alpha value is -1.89. The van der Waals surface area contributed by atoms with Crippen molar-refractivity contribution in [1.82, 2.24) is 0 Å². The summed E-state index contributed by atoms with van der Waals surface area (Å²) in [6.45, 7) is 7.44. The van der Waals surface area contributed by atoms with Gasteiger partial charge in [-0.3, -0.25) is 4.48 Å². The Kier molecular flexibility index (Phi) is 17.4. The number of carbonyl (C=O) groups excluding carboxylic acids is 1. The number of hydrogen-bond acceptors (Lipinski definition) is 4. The minimum absolute atomic E-state index is 0.126. The molecule has 0 aliphatic rings. The number of carbonyl (C=O) groups is 3. The lowest BCUT2D eigenvalue weighted by molar-refractivity contribution is -0.974. The molecule has 0 heterocycles. The Balaban J connectivity index is 5.12. The van der Waals surface area contributed by atoms with Crippen LogP contribution in [0.1, 0.15) is 118 Å². The highest BCUT2D eigenvalue weighted by molar-refractivity contribution is 5.77. The maximum atomic E-state index is 12.2. The normalized spacial score (nSPS) is 16.1. The van der Waals surface area contributed by atoms with Crippen molar-refractivity contribution in [3.05, 3.63) is 12.2 Å². The summed E-state index contributed by atoms with van der Waals surface area (Å²) in [5.41, 5.74) is 0. The Labute approximate surface area is 206 Å².